The van der Waals surface area contributed by atoms with E-state index in [9.17, 15) is 9.59 Å². The number of aromatic nitrogens is 1. The van der Waals surface area contributed by atoms with Crippen molar-refractivity contribution < 1.29 is 19.1 Å². The minimum Gasteiger partial charge on any atom is -0.497 e. The zero-order valence-corrected chi connectivity index (χ0v) is 21.5. The van der Waals surface area contributed by atoms with Crippen LogP contribution in [0.25, 0.3) is 10.9 Å². The molecule has 1 atom stereocenters. The largest absolute Gasteiger partial charge is 0.497 e. The van der Waals surface area contributed by atoms with E-state index in [-0.39, 0.29) is 30.5 Å². The van der Waals surface area contributed by atoms with Gasteiger partial charge in [-0.1, -0.05) is 42.5 Å². The molecule has 1 unspecified atom stereocenters. The van der Waals surface area contributed by atoms with Gasteiger partial charge in [0, 0.05) is 30.1 Å². The maximum absolute atomic E-state index is 13.7. The number of benzene rings is 3. The van der Waals surface area contributed by atoms with E-state index in [1.54, 1.807) is 12.0 Å². The summed E-state index contributed by atoms with van der Waals surface area (Å²) in [4.78, 5) is 28.4. The summed E-state index contributed by atoms with van der Waals surface area (Å²) in [5.41, 5.74) is 4.43. The van der Waals surface area contributed by atoms with E-state index < -0.39 is 0 Å². The Balaban J connectivity index is 1.40. The Kier molecular flexibility index (Phi) is 6.61. The van der Waals surface area contributed by atoms with Crippen LogP contribution in [0.1, 0.15) is 47.1 Å². The van der Waals surface area contributed by atoms with Crippen LogP contribution >= 0.6 is 0 Å². The smallest absolute Gasteiger partial charge is 0.272 e. The molecule has 1 aliphatic heterocycles. The van der Waals surface area contributed by atoms with Gasteiger partial charge < -0.3 is 24.3 Å². The minimum atomic E-state index is -0.377. The number of nitrogens with zero attached hydrogens (tertiary/aromatic N) is 2. The molecule has 0 fully saturated rings. The highest BCUT2D eigenvalue weighted by atomic mass is 16.5. The molecule has 0 saturated heterocycles. The van der Waals surface area contributed by atoms with Crippen molar-refractivity contribution >= 4 is 22.7 Å². The number of aryl methyl sites for hydroxylation is 1. The molecule has 2 amide bonds. The number of amides is 2. The highest BCUT2D eigenvalue weighted by Crippen LogP contribution is 2.44. The van der Waals surface area contributed by atoms with Crippen LogP contribution in [0.3, 0.4) is 0 Å². The first-order chi connectivity index (χ1) is 17.9. The van der Waals surface area contributed by atoms with E-state index in [1.807, 2.05) is 98.3 Å². The van der Waals surface area contributed by atoms with Gasteiger partial charge >= 0.3 is 0 Å². The highest BCUT2D eigenvalue weighted by molar-refractivity contribution is 6.07. The Labute approximate surface area is 216 Å². The molecule has 1 N–H and O–H groups in total. The second kappa shape index (κ2) is 10.0. The van der Waals surface area contributed by atoms with Gasteiger partial charge in [0.2, 0.25) is 5.91 Å². The van der Waals surface area contributed by atoms with Crippen LogP contribution in [0.5, 0.6) is 11.5 Å². The second-order valence-electron chi connectivity index (χ2n) is 9.53. The van der Waals surface area contributed by atoms with Gasteiger partial charge in [0.25, 0.3) is 5.91 Å². The number of hydrogen-bond acceptors (Lipinski definition) is 4. The molecule has 1 aliphatic rings. The molecule has 0 spiro atoms. The molecule has 3 aromatic carbocycles. The summed E-state index contributed by atoms with van der Waals surface area (Å²) < 4.78 is 12.9. The highest BCUT2D eigenvalue weighted by Gasteiger charge is 2.42. The standard InChI is InChI=1S/C30H31N3O4/c1-19(2)37-23-13-9-20(10-14-23)17-31-26(34)18-33-28(21-11-15-22(36-4)16-12-21)27-24-7-5-6-8-25(24)32(3)29(27)30(33)35/h5-16,19,28H,17-18H2,1-4H3,(H,31,34). The van der Waals surface area contributed by atoms with Crippen LogP contribution in [0.15, 0.2) is 72.8 Å². The average molecular weight is 498 g/mol. The number of ether oxygens (including phenoxy) is 2. The molecule has 0 bridgehead atoms. The molecule has 190 valence electrons. The number of methoxy groups -OCH3 is 1. The fourth-order valence-electron chi connectivity index (χ4n) is 5.03. The van der Waals surface area contributed by atoms with Gasteiger partial charge in [-0.3, -0.25) is 9.59 Å². The lowest BCUT2D eigenvalue weighted by Crippen LogP contribution is -2.39. The topological polar surface area (TPSA) is 72.8 Å². The first kappa shape index (κ1) is 24.4. The van der Waals surface area contributed by atoms with Gasteiger partial charge in [-0.2, -0.15) is 0 Å². The number of carbonyl (C=O) groups is 2. The molecule has 1 aromatic heterocycles. The minimum absolute atomic E-state index is 0.0485. The number of hydrogen-bond donors (Lipinski definition) is 1. The van der Waals surface area contributed by atoms with Crippen LogP contribution in [0, 0.1) is 0 Å². The third-order valence-corrected chi connectivity index (χ3v) is 6.72. The zero-order valence-electron chi connectivity index (χ0n) is 21.5. The summed E-state index contributed by atoms with van der Waals surface area (Å²) in [5, 5.41) is 3.98. The number of para-hydroxylation sites is 1. The molecular weight excluding hydrogens is 466 g/mol. The Hall–Kier alpha value is -4.26. The Morgan fingerprint density at radius 1 is 0.973 bits per heavy atom. The lowest BCUT2D eigenvalue weighted by atomic mass is 9.98. The van der Waals surface area contributed by atoms with Gasteiger partial charge in [0.05, 0.1) is 19.3 Å². The molecule has 37 heavy (non-hydrogen) atoms. The van der Waals surface area contributed by atoms with Gasteiger partial charge in [-0.05, 0) is 55.3 Å². The lowest BCUT2D eigenvalue weighted by Gasteiger charge is -2.26. The third kappa shape index (κ3) is 4.65. The van der Waals surface area contributed by atoms with Crippen molar-refractivity contribution in [3.05, 3.63) is 95.2 Å². The molecule has 7 nitrogen and oxygen atoms in total. The van der Waals surface area contributed by atoms with E-state index in [0.717, 1.165) is 39.1 Å². The van der Waals surface area contributed by atoms with Crippen molar-refractivity contribution in [2.75, 3.05) is 13.7 Å². The number of fused-ring (bicyclic) bond motifs is 3. The molecular formula is C30H31N3O4. The molecule has 4 aromatic rings. The number of nitrogens with one attached hydrogen (secondary N) is 1. The quantitative estimate of drug-likeness (QED) is 0.378. The summed E-state index contributed by atoms with van der Waals surface area (Å²) in [6, 6.07) is 23.0. The Morgan fingerprint density at radius 3 is 2.32 bits per heavy atom. The summed E-state index contributed by atoms with van der Waals surface area (Å²) in [6.07, 6.45) is 0.100. The molecule has 2 heterocycles. The summed E-state index contributed by atoms with van der Waals surface area (Å²) >= 11 is 0. The second-order valence-corrected chi connectivity index (χ2v) is 9.53. The van der Waals surface area contributed by atoms with E-state index in [2.05, 4.69) is 5.32 Å². The number of rotatable bonds is 8. The maximum Gasteiger partial charge on any atom is 0.272 e. The van der Waals surface area contributed by atoms with Crippen LogP contribution in [-0.2, 0) is 18.4 Å². The monoisotopic (exact) mass is 497 g/mol. The van der Waals surface area contributed by atoms with E-state index in [4.69, 9.17) is 9.47 Å². The first-order valence-electron chi connectivity index (χ1n) is 12.4. The van der Waals surface area contributed by atoms with Crippen molar-refractivity contribution in [1.82, 2.24) is 14.8 Å². The van der Waals surface area contributed by atoms with Crippen LogP contribution in [0.2, 0.25) is 0 Å². The maximum atomic E-state index is 13.7. The Morgan fingerprint density at radius 2 is 1.65 bits per heavy atom. The third-order valence-electron chi connectivity index (χ3n) is 6.72. The van der Waals surface area contributed by atoms with Crippen molar-refractivity contribution in [3.63, 3.8) is 0 Å². The van der Waals surface area contributed by atoms with E-state index in [0.29, 0.717) is 12.2 Å². The normalized spacial score (nSPS) is 14.8. The number of carbonyl (C=O) groups excluding carboxylic acids is 2. The first-order valence-corrected chi connectivity index (χ1v) is 12.4. The predicted octanol–water partition coefficient (Wildman–Crippen LogP) is 4.84. The molecule has 7 heteroatoms. The fourth-order valence-corrected chi connectivity index (χ4v) is 5.03. The fraction of sp³-hybridized carbons (Fsp3) is 0.267. The van der Waals surface area contributed by atoms with Crippen LogP contribution in [0.4, 0.5) is 0 Å². The van der Waals surface area contributed by atoms with Crippen LogP contribution < -0.4 is 14.8 Å². The van der Waals surface area contributed by atoms with Crippen molar-refractivity contribution in [2.24, 2.45) is 7.05 Å². The summed E-state index contributed by atoms with van der Waals surface area (Å²) in [7, 11) is 3.53. The molecule has 0 aliphatic carbocycles. The van der Waals surface area contributed by atoms with Crippen molar-refractivity contribution in [1.29, 1.82) is 0 Å². The van der Waals surface area contributed by atoms with Gasteiger partial charge in [0.15, 0.2) is 0 Å². The molecule has 0 saturated carbocycles. The SMILES string of the molecule is COc1ccc(C2c3c(n(C)c4ccccc34)C(=O)N2CC(=O)NCc2ccc(OC(C)C)cc2)cc1. The van der Waals surface area contributed by atoms with Crippen LogP contribution in [-0.4, -0.2) is 41.0 Å². The van der Waals surface area contributed by atoms with Crippen molar-refractivity contribution in [3.8, 4) is 11.5 Å². The molecule has 5 rings (SSSR count). The predicted molar refractivity (Wildman–Crippen MR) is 143 cm³/mol. The van der Waals surface area contributed by atoms with Gasteiger partial charge in [-0.25, -0.2) is 0 Å². The van der Waals surface area contributed by atoms with Crippen molar-refractivity contribution in [2.45, 2.75) is 32.5 Å². The Bertz CT molecular complexity index is 1440. The van der Waals surface area contributed by atoms with E-state index >= 15 is 0 Å². The van der Waals surface area contributed by atoms with Gasteiger partial charge in [-0.15, -0.1) is 0 Å². The molecule has 0 radical (unpaired) electrons. The zero-order chi connectivity index (χ0) is 26.1. The lowest BCUT2D eigenvalue weighted by molar-refractivity contribution is -0.122. The average Bonchev–Trinajstić information content (AvgIpc) is 3.35. The van der Waals surface area contributed by atoms with Gasteiger partial charge in [0.1, 0.15) is 23.7 Å². The summed E-state index contributed by atoms with van der Waals surface area (Å²) in [5.74, 6) is 1.16. The van der Waals surface area contributed by atoms with E-state index in [1.165, 1.54) is 0 Å². The summed E-state index contributed by atoms with van der Waals surface area (Å²) in [6.45, 7) is 4.28.